The van der Waals surface area contributed by atoms with Crippen LogP contribution in [-0.2, 0) is 11.2 Å². The summed E-state index contributed by atoms with van der Waals surface area (Å²) in [5.74, 6) is -0.469. The van der Waals surface area contributed by atoms with Crippen molar-refractivity contribution < 1.29 is 27.1 Å². The lowest BCUT2D eigenvalue weighted by Gasteiger charge is -2.35. The molecule has 1 atom stereocenters. The predicted octanol–water partition coefficient (Wildman–Crippen LogP) is 5.43. The van der Waals surface area contributed by atoms with E-state index in [9.17, 15) is 18.0 Å². The number of ether oxygens (including phenoxy) is 1. The van der Waals surface area contributed by atoms with Gasteiger partial charge in [0.15, 0.2) is 0 Å². The molecule has 4 rings (SSSR count). The molecule has 29 heavy (non-hydrogen) atoms. The van der Waals surface area contributed by atoms with Gasteiger partial charge in [-0.3, -0.25) is 4.79 Å². The lowest BCUT2D eigenvalue weighted by molar-refractivity contribution is -0.274. The predicted molar refractivity (Wildman–Crippen MR) is 102 cm³/mol. The standard InChI is InChI=1S/C21H16F3NO3S/c22-21(23,24)28-16-4-2-15(3-5-16)20-17-9-12-29-18(17)7-10-25(20)19(26)6-1-14-8-11-27-13-14/h1-6,8-9,11-13,20H,7,10H2. The molecule has 0 spiro atoms. The van der Waals surface area contributed by atoms with Crippen LogP contribution in [0.1, 0.15) is 27.6 Å². The Morgan fingerprint density at radius 1 is 1.21 bits per heavy atom. The average molecular weight is 419 g/mol. The molecule has 0 bridgehead atoms. The molecule has 2 aromatic heterocycles. The molecule has 0 saturated heterocycles. The Bertz CT molecular complexity index is 1010. The molecule has 1 unspecified atom stereocenters. The summed E-state index contributed by atoms with van der Waals surface area (Å²) in [7, 11) is 0. The van der Waals surface area contributed by atoms with Crippen LogP contribution in [-0.4, -0.2) is 23.7 Å². The number of hydrogen-bond donors (Lipinski definition) is 0. The fourth-order valence-corrected chi connectivity index (χ4v) is 4.30. The van der Waals surface area contributed by atoms with Gasteiger partial charge in [-0.15, -0.1) is 24.5 Å². The van der Waals surface area contributed by atoms with E-state index < -0.39 is 6.36 Å². The maximum Gasteiger partial charge on any atom is 0.573 e. The van der Waals surface area contributed by atoms with Crippen molar-refractivity contribution in [2.45, 2.75) is 18.8 Å². The van der Waals surface area contributed by atoms with E-state index >= 15 is 0 Å². The van der Waals surface area contributed by atoms with Crippen molar-refractivity contribution in [3.63, 3.8) is 0 Å². The van der Waals surface area contributed by atoms with E-state index in [0.29, 0.717) is 6.54 Å². The molecule has 0 fully saturated rings. The van der Waals surface area contributed by atoms with Crippen LogP contribution in [0.4, 0.5) is 13.2 Å². The molecule has 150 valence electrons. The molecular weight excluding hydrogens is 403 g/mol. The van der Waals surface area contributed by atoms with E-state index in [1.807, 2.05) is 11.4 Å². The molecule has 0 radical (unpaired) electrons. The summed E-state index contributed by atoms with van der Waals surface area (Å²) < 4.78 is 46.3. The molecule has 0 N–H and O–H groups in total. The van der Waals surface area contributed by atoms with Crippen LogP contribution in [0.25, 0.3) is 6.08 Å². The van der Waals surface area contributed by atoms with Gasteiger partial charge in [-0.25, -0.2) is 0 Å². The number of hydrogen-bond acceptors (Lipinski definition) is 4. The van der Waals surface area contributed by atoms with Crippen LogP contribution < -0.4 is 4.74 Å². The first-order chi connectivity index (χ1) is 13.9. The number of amides is 1. The highest BCUT2D eigenvalue weighted by Gasteiger charge is 2.33. The van der Waals surface area contributed by atoms with Crippen molar-refractivity contribution in [1.29, 1.82) is 0 Å². The molecule has 1 aromatic carbocycles. The maximum atomic E-state index is 12.9. The molecule has 1 amide bonds. The highest BCUT2D eigenvalue weighted by Crippen LogP contribution is 2.38. The number of carbonyl (C=O) groups is 1. The summed E-state index contributed by atoms with van der Waals surface area (Å²) in [4.78, 5) is 15.8. The molecule has 0 saturated carbocycles. The number of benzene rings is 1. The van der Waals surface area contributed by atoms with Crippen molar-refractivity contribution in [2.75, 3.05) is 6.54 Å². The van der Waals surface area contributed by atoms with Gasteiger partial charge < -0.3 is 14.1 Å². The van der Waals surface area contributed by atoms with Crippen molar-refractivity contribution in [3.8, 4) is 5.75 Å². The van der Waals surface area contributed by atoms with Crippen molar-refractivity contribution >= 4 is 23.3 Å². The second-order valence-corrected chi connectivity index (χ2v) is 7.49. The number of halogens is 3. The fraction of sp³-hybridized carbons (Fsp3) is 0.190. The van der Waals surface area contributed by atoms with Crippen LogP contribution in [0.15, 0.2) is 64.8 Å². The minimum Gasteiger partial charge on any atom is -0.472 e. The highest BCUT2D eigenvalue weighted by molar-refractivity contribution is 7.10. The Labute approximate surface area is 168 Å². The van der Waals surface area contributed by atoms with Crippen molar-refractivity contribution in [1.82, 2.24) is 4.90 Å². The first-order valence-electron chi connectivity index (χ1n) is 8.83. The number of alkyl halides is 3. The van der Waals surface area contributed by atoms with Gasteiger partial charge in [-0.05, 0) is 53.3 Å². The van der Waals surface area contributed by atoms with Gasteiger partial charge in [0, 0.05) is 23.1 Å². The Morgan fingerprint density at radius 3 is 2.69 bits per heavy atom. The van der Waals surface area contributed by atoms with E-state index in [1.54, 1.807) is 40.5 Å². The summed E-state index contributed by atoms with van der Waals surface area (Å²) in [6.07, 6.45) is 2.21. The van der Waals surface area contributed by atoms with Gasteiger partial charge in [0.2, 0.25) is 5.91 Å². The van der Waals surface area contributed by atoms with E-state index in [4.69, 9.17) is 4.42 Å². The Balaban J connectivity index is 1.63. The maximum absolute atomic E-state index is 12.9. The summed E-state index contributed by atoms with van der Waals surface area (Å²) in [6, 6.07) is 9.02. The minimum absolute atomic E-state index is 0.177. The zero-order valence-electron chi connectivity index (χ0n) is 15.1. The van der Waals surface area contributed by atoms with Crippen LogP contribution in [0.3, 0.4) is 0 Å². The number of carbonyl (C=O) groups excluding carboxylic acids is 1. The fourth-order valence-electron chi connectivity index (χ4n) is 3.40. The van der Waals surface area contributed by atoms with E-state index in [1.165, 1.54) is 35.6 Å². The van der Waals surface area contributed by atoms with E-state index in [-0.39, 0.29) is 17.7 Å². The van der Waals surface area contributed by atoms with Crippen molar-refractivity contribution in [2.24, 2.45) is 0 Å². The van der Waals surface area contributed by atoms with Crippen LogP contribution in [0, 0.1) is 0 Å². The minimum atomic E-state index is -4.74. The largest absolute Gasteiger partial charge is 0.573 e. The lowest BCUT2D eigenvalue weighted by Crippen LogP contribution is -2.39. The lowest BCUT2D eigenvalue weighted by atomic mass is 9.93. The molecular formula is C21H16F3NO3S. The third-order valence-electron chi connectivity index (χ3n) is 4.64. The second-order valence-electron chi connectivity index (χ2n) is 6.49. The Morgan fingerprint density at radius 2 is 2.00 bits per heavy atom. The van der Waals surface area contributed by atoms with E-state index in [2.05, 4.69) is 4.74 Å². The molecule has 4 nitrogen and oxygen atoms in total. The van der Waals surface area contributed by atoms with Crippen LogP contribution in [0.2, 0.25) is 0 Å². The van der Waals surface area contributed by atoms with Gasteiger partial charge in [-0.2, -0.15) is 0 Å². The van der Waals surface area contributed by atoms with Gasteiger partial charge in [-0.1, -0.05) is 12.1 Å². The Kier molecular flexibility index (Phi) is 5.19. The number of nitrogens with zero attached hydrogens (tertiary/aromatic N) is 1. The second kappa shape index (κ2) is 7.79. The number of rotatable bonds is 4. The molecule has 8 heteroatoms. The Hall–Kier alpha value is -3.00. The van der Waals surface area contributed by atoms with Crippen molar-refractivity contribution in [3.05, 3.63) is 81.9 Å². The van der Waals surface area contributed by atoms with Gasteiger partial charge in [0.1, 0.15) is 5.75 Å². The van der Waals surface area contributed by atoms with Crippen LogP contribution in [0.5, 0.6) is 5.75 Å². The molecule has 1 aliphatic rings. The zero-order chi connectivity index (χ0) is 20.4. The first-order valence-corrected chi connectivity index (χ1v) is 9.71. The number of thiophene rings is 1. The quantitative estimate of drug-likeness (QED) is 0.530. The summed E-state index contributed by atoms with van der Waals surface area (Å²) in [5, 5.41) is 1.97. The highest BCUT2D eigenvalue weighted by atomic mass is 32.1. The van der Waals surface area contributed by atoms with Gasteiger partial charge in [0.25, 0.3) is 0 Å². The topological polar surface area (TPSA) is 42.7 Å². The summed E-state index contributed by atoms with van der Waals surface area (Å²) in [6.45, 7) is 0.521. The number of furan rings is 1. The summed E-state index contributed by atoms with van der Waals surface area (Å²) in [5.41, 5.74) is 2.50. The van der Waals surface area contributed by atoms with E-state index in [0.717, 1.165) is 23.1 Å². The summed E-state index contributed by atoms with van der Waals surface area (Å²) >= 11 is 1.62. The van der Waals surface area contributed by atoms with Crippen LogP contribution >= 0.6 is 11.3 Å². The molecule has 1 aliphatic heterocycles. The SMILES string of the molecule is O=C(C=Cc1ccoc1)N1CCc2sccc2C1c1ccc(OC(F)(F)F)cc1. The third-order valence-corrected chi connectivity index (χ3v) is 5.64. The van der Waals surface area contributed by atoms with Gasteiger partial charge >= 0.3 is 6.36 Å². The average Bonchev–Trinajstić information content (AvgIpc) is 3.36. The van der Waals surface area contributed by atoms with Gasteiger partial charge in [0.05, 0.1) is 18.6 Å². The monoisotopic (exact) mass is 419 g/mol. The zero-order valence-corrected chi connectivity index (χ0v) is 15.9. The molecule has 0 aliphatic carbocycles. The smallest absolute Gasteiger partial charge is 0.472 e. The third kappa shape index (κ3) is 4.37. The normalized spacial score (nSPS) is 16.8. The molecule has 3 aromatic rings. The first kappa shape index (κ1) is 19.3. The number of fused-ring (bicyclic) bond motifs is 1. The molecule has 3 heterocycles.